The van der Waals surface area contributed by atoms with Crippen molar-refractivity contribution < 1.29 is 22.7 Å². The van der Waals surface area contributed by atoms with E-state index in [2.05, 4.69) is 15.6 Å². The van der Waals surface area contributed by atoms with Crippen LogP contribution in [0.2, 0.25) is 0 Å². The summed E-state index contributed by atoms with van der Waals surface area (Å²) in [7, 11) is 1.64. The van der Waals surface area contributed by atoms with Crippen molar-refractivity contribution in [2.45, 2.75) is 51.6 Å². The first-order chi connectivity index (χ1) is 13.0. The average Bonchev–Trinajstić information content (AvgIpc) is 3.01. The van der Waals surface area contributed by atoms with Crippen molar-refractivity contribution in [2.24, 2.45) is 4.99 Å². The SMILES string of the molecule is CN=C(NCc1ccc(C(F)(F)F)cc1)N1CCC(NC(=O)OC(C)(C)C)C1.I. The van der Waals surface area contributed by atoms with Gasteiger partial charge in [0.25, 0.3) is 0 Å². The molecule has 0 bridgehead atoms. The normalized spacial score (nSPS) is 17.6. The second-order valence-corrected chi connectivity index (χ2v) is 7.67. The molecular formula is C19H28F3IN4O2. The topological polar surface area (TPSA) is 66.0 Å². The fourth-order valence-electron chi connectivity index (χ4n) is 2.87. The van der Waals surface area contributed by atoms with Crippen LogP contribution in [-0.2, 0) is 17.5 Å². The number of nitrogens with zero attached hydrogens (tertiary/aromatic N) is 2. The number of alkyl halides is 3. The molecule has 1 fully saturated rings. The Balaban J connectivity index is 0.00000420. The van der Waals surface area contributed by atoms with Crippen molar-refractivity contribution in [1.82, 2.24) is 15.5 Å². The van der Waals surface area contributed by atoms with E-state index in [-0.39, 0.29) is 30.0 Å². The summed E-state index contributed by atoms with van der Waals surface area (Å²) in [6.07, 6.45) is -4.04. The molecule has 1 heterocycles. The Labute approximate surface area is 186 Å². The first-order valence-corrected chi connectivity index (χ1v) is 9.09. The molecule has 1 saturated heterocycles. The number of benzene rings is 1. The lowest BCUT2D eigenvalue weighted by Crippen LogP contribution is -2.44. The number of likely N-dealkylation sites (tertiary alicyclic amines) is 1. The minimum absolute atomic E-state index is 0. The summed E-state index contributed by atoms with van der Waals surface area (Å²) in [4.78, 5) is 18.1. The summed E-state index contributed by atoms with van der Waals surface area (Å²) in [5.41, 5.74) is -0.505. The van der Waals surface area contributed by atoms with E-state index in [0.29, 0.717) is 25.6 Å². The lowest BCUT2D eigenvalue weighted by Gasteiger charge is -2.23. The predicted octanol–water partition coefficient (Wildman–Crippen LogP) is 4.00. The summed E-state index contributed by atoms with van der Waals surface area (Å²) in [5, 5.41) is 6.00. The van der Waals surface area contributed by atoms with E-state index in [4.69, 9.17) is 4.74 Å². The third-order valence-electron chi connectivity index (χ3n) is 4.15. The van der Waals surface area contributed by atoms with E-state index >= 15 is 0 Å². The minimum atomic E-state index is -4.34. The molecular weight excluding hydrogens is 500 g/mol. The summed E-state index contributed by atoms with van der Waals surface area (Å²) in [6.45, 7) is 7.05. The molecule has 29 heavy (non-hydrogen) atoms. The van der Waals surface area contributed by atoms with Gasteiger partial charge in [0.05, 0.1) is 11.6 Å². The number of amides is 1. The van der Waals surface area contributed by atoms with Crippen molar-refractivity contribution in [1.29, 1.82) is 0 Å². The molecule has 1 unspecified atom stereocenters. The van der Waals surface area contributed by atoms with Crippen LogP contribution in [0.5, 0.6) is 0 Å². The second-order valence-electron chi connectivity index (χ2n) is 7.67. The van der Waals surface area contributed by atoms with Gasteiger partial charge < -0.3 is 20.3 Å². The molecule has 0 aromatic heterocycles. The minimum Gasteiger partial charge on any atom is -0.444 e. The number of aliphatic imine (C=N–C) groups is 1. The Kier molecular flexibility index (Phi) is 9.04. The standard InChI is InChI=1S/C19H27F3N4O2.HI/c1-18(2,3)28-17(27)25-15-9-10-26(12-15)16(23-4)24-11-13-5-7-14(8-6-13)19(20,21)22;/h5-8,15H,9-12H2,1-4H3,(H,23,24)(H,25,27);1H. The largest absolute Gasteiger partial charge is 0.444 e. The van der Waals surface area contributed by atoms with E-state index < -0.39 is 23.4 Å². The number of carbonyl (C=O) groups is 1. The fourth-order valence-corrected chi connectivity index (χ4v) is 2.87. The number of nitrogens with one attached hydrogen (secondary N) is 2. The van der Waals surface area contributed by atoms with Crippen LogP contribution in [0.4, 0.5) is 18.0 Å². The molecule has 1 aliphatic heterocycles. The maximum absolute atomic E-state index is 12.6. The number of guanidine groups is 1. The summed E-state index contributed by atoms with van der Waals surface area (Å²) in [5.74, 6) is 0.633. The number of carbonyl (C=O) groups excluding carboxylic acids is 1. The van der Waals surface area contributed by atoms with Gasteiger partial charge in [-0.2, -0.15) is 13.2 Å². The van der Waals surface area contributed by atoms with Crippen molar-refractivity contribution in [3.63, 3.8) is 0 Å². The quantitative estimate of drug-likeness (QED) is 0.354. The van der Waals surface area contributed by atoms with Gasteiger partial charge in [-0.05, 0) is 44.9 Å². The van der Waals surface area contributed by atoms with Crippen LogP contribution in [0.25, 0.3) is 0 Å². The number of hydrogen-bond donors (Lipinski definition) is 2. The van der Waals surface area contributed by atoms with Crippen molar-refractivity contribution >= 4 is 36.0 Å². The zero-order valence-electron chi connectivity index (χ0n) is 17.0. The molecule has 0 aliphatic carbocycles. The van der Waals surface area contributed by atoms with Gasteiger partial charge in [0.15, 0.2) is 5.96 Å². The molecule has 1 aromatic rings. The highest BCUT2D eigenvalue weighted by molar-refractivity contribution is 14.0. The highest BCUT2D eigenvalue weighted by Gasteiger charge is 2.30. The van der Waals surface area contributed by atoms with Gasteiger partial charge >= 0.3 is 12.3 Å². The Morgan fingerprint density at radius 1 is 1.24 bits per heavy atom. The van der Waals surface area contributed by atoms with E-state index in [0.717, 1.165) is 24.1 Å². The highest BCUT2D eigenvalue weighted by Crippen LogP contribution is 2.29. The van der Waals surface area contributed by atoms with Crippen LogP contribution in [0, 0.1) is 0 Å². The molecule has 0 saturated carbocycles. The molecule has 1 atom stereocenters. The molecule has 164 valence electrons. The van der Waals surface area contributed by atoms with Gasteiger partial charge in [-0.1, -0.05) is 12.1 Å². The van der Waals surface area contributed by atoms with Crippen LogP contribution in [-0.4, -0.2) is 48.7 Å². The molecule has 1 aliphatic rings. The smallest absolute Gasteiger partial charge is 0.416 e. The maximum Gasteiger partial charge on any atom is 0.416 e. The van der Waals surface area contributed by atoms with E-state index in [1.807, 2.05) is 4.90 Å². The van der Waals surface area contributed by atoms with Gasteiger partial charge in [0, 0.05) is 26.7 Å². The molecule has 1 aromatic carbocycles. The number of alkyl carbamates (subject to hydrolysis) is 1. The van der Waals surface area contributed by atoms with Crippen molar-refractivity contribution in [3.8, 4) is 0 Å². The predicted molar refractivity (Wildman–Crippen MR) is 116 cm³/mol. The molecule has 0 spiro atoms. The average molecular weight is 528 g/mol. The number of hydrogen-bond acceptors (Lipinski definition) is 3. The summed E-state index contributed by atoms with van der Waals surface area (Å²) >= 11 is 0. The second kappa shape index (κ2) is 10.4. The van der Waals surface area contributed by atoms with Crippen LogP contribution in [0.3, 0.4) is 0 Å². The van der Waals surface area contributed by atoms with Gasteiger partial charge in [-0.3, -0.25) is 4.99 Å². The number of ether oxygens (including phenoxy) is 1. The zero-order valence-corrected chi connectivity index (χ0v) is 19.3. The lowest BCUT2D eigenvalue weighted by molar-refractivity contribution is -0.137. The van der Waals surface area contributed by atoms with Crippen LogP contribution < -0.4 is 10.6 Å². The van der Waals surface area contributed by atoms with Gasteiger partial charge in [-0.15, -0.1) is 24.0 Å². The van der Waals surface area contributed by atoms with Crippen molar-refractivity contribution in [2.75, 3.05) is 20.1 Å². The fraction of sp³-hybridized carbons (Fsp3) is 0.579. The summed E-state index contributed by atoms with van der Waals surface area (Å²) < 4.78 is 43.2. The van der Waals surface area contributed by atoms with Gasteiger partial charge in [0.2, 0.25) is 0 Å². The van der Waals surface area contributed by atoms with Crippen LogP contribution in [0.15, 0.2) is 29.3 Å². The number of halogens is 4. The van der Waals surface area contributed by atoms with E-state index in [1.54, 1.807) is 27.8 Å². The Morgan fingerprint density at radius 3 is 2.38 bits per heavy atom. The van der Waals surface area contributed by atoms with Gasteiger partial charge in [0.1, 0.15) is 5.60 Å². The Bertz CT molecular complexity index is 703. The number of rotatable bonds is 3. The third kappa shape index (κ3) is 8.27. The van der Waals surface area contributed by atoms with E-state index in [1.165, 1.54) is 12.1 Å². The van der Waals surface area contributed by atoms with Crippen molar-refractivity contribution in [3.05, 3.63) is 35.4 Å². The van der Waals surface area contributed by atoms with Crippen LogP contribution in [0.1, 0.15) is 38.3 Å². The van der Waals surface area contributed by atoms with Crippen LogP contribution >= 0.6 is 24.0 Å². The summed E-state index contributed by atoms with van der Waals surface area (Å²) in [6, 6.07) is 4.96. The molecule has 1 amide bonds. The maximum atomic E-state index is 12.6. The molecule has 2 N–H and O–H groups in total. The lowest BCUT2D eigenvalue weighted by atomic mass is 10.1. The molecule has 2 rings (SSSR count). The molecule has 0 radical (unpaired) electrons. The molecule has 6 nitrogen and oxygen atoms in total. The zero-order chi connectivity index (χ0) is 20.9. The van der Waals surface area contributed by atoms with E-state index in [9.17, 15) is 18.0 Å². The highest BCUT2D eigenvalue weighted by atomic mass is 127. The third-order valence-corrected chi connectivity index (χ3v) is 4.15. The Hall–Kier alpha value is -1.72. The molecule has 10 heteroatoms. The monoisotopic (exact) mass is 528 g/mol. The van der Waals surface area contributed by atoms with Gasteiger partial charge in [-0.25, -0.2) is 4.79 Å². The Morgan fingerprint density at radius 2 is 1.86 bits per heavy atom. The first kappa shape index (κ1) is 25.3. The first-order valence-electron chi connectivity index (χ1n) is 9.09.